The Kier molecular flexibility index (Phi) is 33.0. The molecular formula is C18H35Cl7. The molecule has 7 heteroatoms. The van der Waals surface area contributed by atoms with E-state index in [1.807, 2.05) is 0 Å². The molecule has 0 bridgehead atoms. The minimum Gasteiger partial charge on any atom is -0.0874 e. The molecule has 0 aliphatic heterocycles. The highest BCUT2D eigenvalue weighted by Crippen LogP contribution is 2.29. The molecule has 0 atom stereocenters. The average molecular weight is 500 g/mol. The first-order valence-electron chi connectivity index (χ1n) is 9.32. The van der Waals surface area contributed by atoms with Crippen molar-refractivity contribution in [2.75, 3.05) is 0 Å². The van der Waals surface area contributed by atoms with Crippen molar-refractivity contribution < 1.29 is 0 Å². The van der Waals surface area contributed by atoms with Gasteiger partial charge in [0.25, 0.3) is 3.25 Å². The van der Waals surface area contributed by atoms with E-state index in [1.54, 1.807) is 0 Å². The van der Waals surface area contributed by atoms with Crippen molar-refractivity contribution in [2.24, 2.45) is 0 Å². The molecule has 0 aliphatic carbocycles. The third kappa shape index (κ3) is 66.5. The number of hydrogen-bond acceptors (Lipinski definition) is 0. The zero-order chi connectivity index (χ0) is 20.0. The monoisotopic (exact) mass is 496 g/mol. The molecule has 0 nitrogen and oxygen atoms in total. The third-order valence-corrected chi connectivity index (χ3v) is 3.46. The van der Waals surface area contributed by atoms with Crippen molar-refractivity contribution in [3.8, 4) is 0 Å². The highest BCUT2D eigenvalue weighted by molar-refractivity contribution is 6.83. The zero-order valence-corrected chi connectivity index (χ0v) is 20.9. The molecule has 0 spiro atoms. The Morgan fingerprint density at radius 2 is 0.600 bits per heavy atom. The van der Waals surface area contributed by atoms with Crippen LogP contribution < -0.4 is 0 Å². The van der Waals surface area contributed by atoms with E-state index in [0.29, 0.717) is 0 Å². The second kappa shape index (κ2) is 26.0. The van der Waals surface area contributed by atoms with Crippen molar-refractivity contribution in [1.82, 2.24) is 0 Å². The first-order valence-corrected chi connectivity index (χ1v) is 12.1. The van der Waals surface area contributed by atoms with Crippen LogP contribution >= 0.6 is 81.2 Å². The van der Waals surface area contributed by atoms with Crippen molar-refractivity contribution >= 4 is 81.2 Å². The molecule has 0 fully saturated rings. The Morgan fingerprint density at radius 1 is 0.480 bits per heavy atom. The molecule has 156 valence electrons. The molecule has 0 radical (unpaired) electrons. The summed E-state index contributed by atoms with van der Waals surface area (Å²) in [5.74, 6) is 0. The molecule has 0 aromatic heterocycles. The summed E-state index contributed by atoms with van der Waals surface area (Å²) >= 11 is 33.7. The number of halogens is 7. The third-order valence-electron chi connectivity index (χ3n) is 3.46. The number of alkyl halides is 7. The summed E-state index contributed by atoms with van der Waals surface area (Å²) in [7, 11) is 0. The molecule has 0 unspecified atom stereocenters. The summed E-state index contributed by atoms with van der Waals surface area (Å²) in [6.45, 7) is 4.58. The highest BCUT2D eigenvalue weighted by atomic mass is 35.6. The summed E-state index contributed by atoms with van der Waals surface area (Å²) in [5, 5.41) is 0. The van der Waals surface area contributed by atoms with Gasteiger partial charge in [-0.1, -0.05) is 185 Å². The van der Waals surface area contributed by atoms with E-state index in [0.717, 1.165) is 0 Å². The van der Waals surface area contributed by atoms with Gasteiger partial charge >= 0.3 is 0 Å². The van der Waals surface area contributed by atoms with Gasteiger partial charge in [0.05, 0.1) is 0 Å². The molecule has 0 saturated heterocycles. The lowest BCUT2D eigenvalue weighted by Gasteiger charge is -2.02. The maximum absolute atomic E-state index is 4.83. The normalized spacial score (nSPS) is 10.8. The van der Waals surface area contributed by atoms with Crippen LogP contribution in [-0.4, -0.2) is 7.55 Å². The standard InChI is InChI=1S/C16H34.CCl4.CHCl3/c1-3-5-7-9-11-13-15-16-14-12-10-8-6-4-2;2-1(3,4)5;2-1(3)4/h3-16H2,1-2H3;;1H. The Hall–Kier alpha value is 2.03. The summed E-state index contributed by atoms with van der Waals surface area (Å²) in [6, 6.07) is 0. The minimum atomic E-state index is -1.61. The highest BCUT2D eigenvalue weighted by Gasteiger charge is 2.11. The minimum absolute atomic E-state index is 0.750. The van der Waals surface area contributed by atoms with Crippen LogP contribution in [0.3, 0.4) is 0 Å². The van der Waals surface area contributed by atoms with Crippen LogP contribution in [0.2, 0.25) is 0 Å². The van der Waals surface area contributed by atoms with Gasteiger partial charge in [0.1, 0.15) is 0 Å². The van der Waals surface area contributed by atoms with E-state index < -0.39 is 7.55 Å². The predicted molar refractivity (Wildman–Crippen MR) is 123 cm³/mol. The number of unbranched alkanes of at least 4 members (excludes halogenated alkanes) is 13. The van der Waals surface area contributed by atoms with E-state index in [4.69, 9.17) is 81.2 Å². The first kappa shape index (κ1) is 31.7. The van der Waals surface area contributed by atoms with E-state index in [-0.39, 0.29) is 0 Å². The zero-order valence-electron chi connectivity index (χ0n) is 15.6. The molecule has 0 aromatic rings. The Balaban J connectivity index is -0.000000442. The van der Waals surface area contributed by atoms with Crippen molar-refractivity contribution in [3.63, 3.8) is 0 Å². The molecule has 25 heavy (non-hydrogen) atoms. The van der Waals surface area contributed by atoms with Crippen LogP contribution in [0.1, 0.15) is 104 Å². The summed E-state index contributed by atoms with van der Waals surface area (Å²) in [4.78, 5) is 0. The fraction of sp³-hybridized carbons (Fsp3) is 1.00. The van der Waals surface area contributed by atoms with Gasteiger partial charge in [-0.15, -0.1) is 0 Å². The van der Waals surface area contributed by atoms with E-state index in [2.05, 4.69) is 13.8 Å². The molecule has 0 aromatic carbocycles. The van der Waals surface area contributed by atoms with Gasteiger partial charge in [0.15, 0.2) is 4.30 Å². The van der Waals surface area contributed by atoms with Crippen LogP contribution in [0, 0.1) is 0 Å². The molecule has 0 aliphatic rings. The average Bonchev–Trinajstić information content (AvgIpc) is 2.46. The fourth-order valence-corrected chi connectivity index (χ4v) is 2.27. The topological polar surface area (TPSA) is 0 Å². The van der Waals surface area contributed by atoms with Crippen LogP contribution in [0.4, 0.5) is 0 Å². The van der Waals surface area contributed by atoms with Crippen LogP contribution in [0.5, 0.6) is 0 Å². The number of rotatable bonds is 13. The van der Waals surface area contributed by atoms with Crippen molar-refractivity contribution in [2.45, 2.75) is 111 Å². The van der Waals surface area contributed by atoms with E-state index >= 15 is 0 Å². The van der Waals surface area contributed by atoms with Gasteiger partial charge in [-0.2, -0.15) is 0 Å². The summed E-state index contributed by atoms with van der Waals surface area (Å²) in [6.07, 6.45) is 20.4. The smallest absolute Gasteiger partial charge is 0.0874 e. The molecule has 0 N–H and O–H groups in total. The summed E-state index contributed by atoms with van der Waals surface area (Å²) in [5.41, 5.74) is 0. The van der Waals surface area contributed by atoms with Crippen LogP contribution in [0.15, 0.2) is 0 Å². The predicted octanol–water partition coefficient (Wildman–Crippen LogP) is 11.0. The SMILES string of the molecule is CCCCCCCCCCCCCCCC.ClC(Cl)(Cl)Cl.ClC(Cl)Cl. The van der Waals surface area contributed by atoms with Gasteiger partial charge in [-0.25, -0.2) is 0 Å². The fourth-order valence-electron chi connectivity index (χ4n) is 2.27. The summed E-state index contributed by atoms with van der Waals surface area (Å²) < 4.78 is -2.36. The molecule has 0 heterocycles. The van der Waals surface area contributed by atoms with Gasteiger partial charge < -0.3 is 0 Å². The van der Waals surface area contributed by atoms with Crippen LogP contribution in [-0.2, 0) is 0 Å². The lowest BCUT2D eigenvalue weighted by molar-refractivity contribution is 0.538. The largest absolute Gasteiger partial charge is 0.266 e. The first-order chi connectivity index (χ1) is 11.6. The molecule has 0 amide bonds. The number of hydrogen-bond donors (Lipinski definition) is 0. The Bertz CT molecular complexity index is 195. The second-order valence-electron chi connectivity index (χ2n) is 5.92. The van der Waals surface area contributed by atoms with Crippen molar-refractivity contribution in [1.29, 1.82) is 0 Å². The van der Waals surface area contributed by atoms with Gasteiger partial charge in [-0.05, 0) is 0 Å². The van der Waals surface area contributed by atoms with Crippen molar-refractivity contribution in [3.05, 3.63) is 0 Å². The van der Waals surface area contributed by atoms with E-state index in [1.165, 1.54) is 89.9 Å². The Morgan fingerprint density at radius 3 is 0.720 bits per heavy atom. The molecule has 0 rings (SSSR count). The maximum atomic E-state index is 4.83. The van der Waals surface area contributed by atoms with Gasteiger partial charge in [0.2, 0.25) is 0 Å². The lowest BCUT2D eigenvalue weighted by Crippen LogP contribution is -1.82. The second-order valence-corrected chi connectivity index (χ2v) is 11.3. The molecular weight excluding hydrogens is 464 g/mol. The maximum Gasteiger partial charge on any atom is 0.266 e. The Labute approximate surface area is 191 Å². The van der Waals surface area contributed by atoms with E-state index in [9.17, 15) is 0 Å². The molecule has 0 saturated carbocycles. The lowest BCUT2D eigenvalue weighted by atomic mass is 10.0. The van der Waals surface area contributed by atoms with Crippen LogP contribution in [0.25, 0.3) is 0 Å². The quantitative estimate of drug-likeness (QED) is 0.175. The van der Waals surface area contributed by atoms with Gasteiger partial charge in [0, 0.05) is 0 Å². The van der Waals surface area contributed by atoms with Gasteiger partial charge in [-0.3, -0.25) is 0 Å².